The van der Waals surface area contributed by atoms with E-state index in [9.17, 15) is 4.39 Å². The highest BCUT2D eigenvalue weighted by Gasteiger charge is 2.17. The van der Waals surface area contributed by atoms with Gasteiger partial charge in [-0.25, -0.2) is 4.39 Å². The van der Waals surface area contributed by atoms with Crippen LogP contribution < -0.4 is 10.1 Å². The minimum absolute atomic E-state index is 0.00690. The Kier molecular flexibility index (Phi) is 5.63. The summed E-state index contributed by atoms with van der Waals surface area (Å²) >= 11 is 0. The van der Waals surface area contributed by atoms with Crippen LogP contribution in [-0.2, 0) is 6.54 Å². The molecule has 1 fully saturated rings. The Morgan fingerprint density at radius 3 is 2.57 bits per heavy atom. The van der Waals surface area contributed by atoms with Crippen molar-refractivity contribution in [3.63, 3.8) is 0 Å². The first kappa shape index (κ1) is 16.3. The van der Waals surface area contributed by atoms with E-state index in [1.165, 1.54) is 38.2 Å². The molecule has 0 aliphatic heterocycles. The van der Waals surface area contributed by atoms with Gasteiger partial charge in [-0.2, -0.15) is 0 Å². The summed E-state index contributed by atoms with van der Waals surface area (Å²) in [7, 11) is 0. The molecular weight excluding hydrogens is 265 g/mol. The average molecular weight is 293 g/mol. The van der Waals surface area contributed by atoms with E-state index in [0.717, 1.165) is 5.56 Å². The molecule has 1 aromatic carbocycles. The van der Waals surface area contributed by atoms with Crippen molar-refractivity contribution in [2.45, 2.75) is 65.0 Å². The number of halogens is 1. The maximum Gasteiger partial charge on any atom is 0.165 e. The molecule has 1 aliphatic carbocycles. The molecule has 1 N–H and O–H groups in total. The Labute approximate surface area is 128 Å². The lowest BCUT2D eigenvalue weighted by atomic mass is 9.90. The summed E-state index contributed by atoms with van der Waals surface area (Å²) in [5.74, 6) is 0.764. The molecule has 0 spiro atoms. The van der Waals surface area contributed by atoms with Crippen LogP contribution in [0.4, 0.5) is 4.39 Å². The molecule has 2 rings (SSSR count). The standard InChI is InChI=1S/C18H28FNO/c1-18(2,3)20-12-15-10-7-11-16(19)17(15)21-13-14-8-5-4-6-9-14/h7,10-11,14,20H,4-6,8-9,12-13H2,1-3H3. The lowest BCUT2D eigenvalue weighted by molar-refractivity contribution is 0.200. The van der Waals surface area contributed by atoms with Crippen molar-refractivity contribution in [3.8, 4) is 5.75 Å². The van der Waals surface area contributed by atoms with Gasteiger partial charge in [0.2, 0.25) is 0 Å². The van der Waals surface area contributed by atoms with Gasteiger partial charge in [0.1, 0.15) is 0 Å². The summed E-state index contributed by atoms with van der Waals surface area (Å²) < 4.78 is 19.9. The van der Waals surface area contributed by atoms with E-state index in [2.05, 4.69) is 26.1 Å². The molecule has 1 saturated carbocycles. The van der Waals surface area contributed by atoms with Gasteiger partial charge in [-0.05, 0) is 45.6 Å². The van der Waals surface area contributed by atoms with Crippen molar-refractivity contribution >= 4 is 0 Å². The number of hydrogen-bond acceptors (Lipinski definition) is 2. The van der Waals surface area contributed by atoms with Crippen LogP contribution in [0, 0.1) is 11.7 Å². The number of ether oxygens (including phenoxy) is 1. The molecule has 3 heteroatoms. The lowest BCUT2D eigenvalue weighted by Crippen LogP contribution is -2.35. The van der Waals surface area contributed by atoms with E-state index in [0.29, 0.717) is 24.8 Å². The van der Waals surface area contributed by atoms with Gasteiger partial charge in [-0.3, -0.25) is 0 Å². The fourth-order valence-corrected chi connectivity index (χ4v) is 2.77. The van der Waals surface area contributed by atoms with Crippen LogP contribution in [0.5, 0.6) is 5.75 Å². The molecule has 1 aromatic rings. The topological polar surface area (TPSA) is 21.3 Å². The van der Waals surface area contributed by atoms with E-state index >= 15 is 0 Å². The molecule has 0 unspecified atom stereocenters. The third-order valence-electron chi connectivity index (χ3n) is 4.05. The van der Waals surface area contributed by atoms with Crippen molar-refractivity contribution in [3.05, 3.63) is 29.6 Å². The van der Waals surface area contributed by atoms with Gasteiger partial charge in [-0.1, -0.05) is 31.4 Å². The predicted octanol–water partition coefficient (Wildman–Crippen LogP) is 4.67. The first-order chi connectivity index (χ1) is 9.96. The monoisotopic (exact) mass is 293 g/mol. The van der Waals surface area contributed by atoms with Gasteiger partial charge >= 0.3 is 0 Å². The van der Waals surface area contributed by atoms with Gasteiger partial charge in [0, 0.05) is 17.6 Å². The number of para-hydroxylation sites is 1. The fraction of sp³-hybridized carbons (Fsp3) is 0.667. The van der Waals surface area contributed by atoms with Crippen molar-refractivity contribution in [1.29, 1.82) is 0 Å². The highest BCUT2D eigenvalue weighted by Crippen LogP contribution is 2.27. The SMILES string of the molecule is CC(C)(C)NCc1cccc(F)c1OCC1CCCCC1. The van der Waals surface area contributed by atoms with Crippen LogP contribution in [-0.4, -0.2) is 12.1 Å². The molecule has 0 aromatic heterocycles. The second-order valence-corrected chi connectivity index (χ2v) is 7.15. The molecule has 0 saturated heterocycles. The van der Waals surface area contributed by atoms with Gasteiger partial charge in [0.25, 0.3) is 0 Å². The Hall–Kier alpha value is -1.09. The van der Waals surface area contributed by atoms with Gasteiger partial charge in [0.15, 0.2) is 11.6 Å². The van der Waals surface area contributed by atoms with Gasteiger partial charge in [0.05, 0.1) is 6.61 Å². The van der Waals surface area contributed by atoms with Crippen LogP contribution in [0.25, 0.3) is 0 Å². The zero-order chi connectivity index (χ0) is 15.3. The normalized spacial score (nSPS) is 17.0. The molecule has 0 bridgehead atoms. The highest BCUT2D eigenvalue weighted by atomic mass is 19.1. The maximum atomic E-state index is 14.1. The molecule has 2 nitrogen and oxygen atoms in total. The van der Waals surface area contributed by atoms with Crippen molar-refractivity contribution < 1.29 is 9.13 Å². The van der Waals surface area contributed by atoms with E-state index in [4.69, 9.17) is 4.74 Å². The number of rotatable bonds is 5. The molecule has 1 aliphatic rings. The van der Waals surface area contributed by atoms with Crippen molar-refractivity contribution in [2.75, 3.05) is 6.61 Å². The van der Waals surface area contributed by atoms with Crippen LogP contribution in [0.1, 0.15) is 58.4 Å². The molecule has 0 atom stereocenters. The van der Waals surface area contributed by atoms with Crippen molar-refractivity contribution in [2.24, 2.45) is 5.92 Å². The smallest absolute Gasteiger partial charge is 0.165 e. The Morgan fingerprint density at radius 2 is 1.90 bits per heavy atom. The number of benzene rings is 1. The fourth-order valence-electron chi connectivity index (χ4n) is 2.77. The van der Waals surface area contributed by atoms with Crippen LogP contribution >= 0.6 is 0 Å². The zero-order valence-corrected chi connectivity index (χ0v) is 13.5. The molecule has 21 heavy (non-hydrogen) atoms. The van der Waals surface area contributed by atoms with Gasteiger partial charge in [-0.15, -0.1) is 0 Å². The van der Waals surface area contributed by atoms with Gasteiger partial charge < -0.3 is 10.1 Å². The molecule has 118 valence electrons. The molecule has 0 radical (unpaired) electrons. The van der Waals surface area contributed by atoms with Crippen LogP contribution in [0.3, 0.4) is 0 Å². The zero-order valence-electron chi connectivity index (χ0n) is 13.5. The summed E-state index contributed by atoms with van der Waals surface area (Å²) in [6.07, 6.45) is 6.32. The Balaban J connectivity index is 1.99. The van der Waals surface area contributed by atoms with E-state index in [1.54, 1.807) is 6.07 Å². The summed E-state index contributed by atoms with van der Waals surface area (Å²) in [5.41, 5.74) is 0.910. The summed E-state index contributed by atoms with van der Waals surface area (Å²) in [4.78, 5) is 0. The summed E-state index contributed by atoms with van der Waals surface area (Å²) in [5, 5.41) is 3.40. The number of nitrogens with one attached hydrogen (secondary N) is 1. The van der Waals surface area contributed by atoms with Crippen LogP contribution in [0.15, 0.2) is 18.2 Å². The average Bonchev–Trinajstić information content (AvgIpc) is 2.44. The van der Waals surface area contributed by atoms with Crippen LogP contribution in [0.2, 0.25) is 0 Å². The molecular formula is C18H28FNO. The quantitative estimate of drug-likeness (QED) is 0.851. The highest BCUT2D eigenvalue weighted by molar-refractivity contribution is 5.35. The second kappa shape index (κ2) is 7.26. The Morgan fingerprint density at radius 1 is 1.19 bits per heavy atom. The van der Waals surface area contributed by atoms with E-state index in [-0.39, 0.29) is 11.4 Å². The minimum atomic E-state index is -0.251. The third kappa shape index (κ3) is 5.31. The lowest BCUT2D eigenvalue weighted by Gasteiger charge is -2.24. The largest absolute Gasteiger partial charge is 0.490 e. The first-order valence-corrected chi connectivity index (χ1v) is 8.11. The van der Waals surface area contributed by atoms with Crippen molar-refractivity contribution in [1.82, 2.24) is 5.32 Å². The summed E-state index contributed by atoms with van der Waals surface area (Å²) in [6.45, 7) is 7.59. The minimum Gasteiger partial charge on any atom is -0.490 e. The maximum absolute atomic E-state index is 14.1. The third-order valence-corrected chi connectivity index (χ3v) is 4.05. The Bertz CT molecular complexity index is 447. The summed E-state index contributed by atoms with van der Waals surface area (Å²) in [6, 6.07) is 5.18. The number of hydrogen-bond donors (Lipinski definition) is 1. The first-order valence-electron chi connectivity index (χ1n) is 8.11. The van der Waals surface area contributed by atoms with E-state index < -0.39 is 0 Å². The molecule has 0 amide bonds. The molecule has 0 heterocycles. The second-order valence-electron chi connectivity index (χ2n) is 7.15. The van der Waals surface area contributed by atoms with E-state index in [1.807, 2.05) is 6.07 Å². The predicted molar refractivity (Wildman–Crippen MR) is 85.1 cm³/mol.